The molecule has 2 heterocycles. The van der Waals surface area contributed by atoms with Gasteiger partial charge in [-0.25, -0.2) is 4.98 Å². The van der Waals surface area contributed by atoms with E-state index < -0.39 is 0 Å². The molecule has 0 radical (unpaired) electrons. The zero-order valence-electron chi connectivity index (χ0n) is 7.87. The number of hydrogen-bond acceptors (Lipinski definition) is 3. The quantitative estimate of drug-likeness (QED) is 0.764. The van der Waals surface area contributed by atoms with Crippen molar-refractivity contribution in [1.29, 1.82) is 0 Å². The molecular weight excluding hydrogens is 200 g/mol. The van der Waals surface area contributed by atoms with Crippen LogP contribution in [-0.4, -0.2) is 11.6 Å². The second kappa shape index (κ2) is 4.26. The Hall–Kier alpha value is -0.640. The van der Waals surface area contributed by atoms with Crippen LogP contribution in [0.3, 0.4) is 0 Å². The molecule has 76 valence electrons. The van der Waals surface area contributed by atoms with Crippen LogP contribution < -0.4 is 5.73 Å². The topological polar surface area (TPSA) is 48.1 Å². The average molecular weight is 213 g/mol. The highest BCUT2D eigenvalue weighted by molar-refractivity contribution is 6.30. The van der Waals surface area contributed by atoms with Crippen molar-refractivity contribution in [1.82, 2.24) is 4.98 Å². The number of aromatic nitrogens is 1. The first-order valence-electron chi connectivity index (χ1n) is 4.77. The maximum Gasteiger partial charge on any atom is 0.133 e. The number of hydrogen-bond donors (Lipinski definition) is 1. The SMILES string of the molecule is NCc1cc(C2CCCO2)cnc1Cl. The highest BCUT2D eigenvalue weighted by Crippen LogP contribution is 2.29. The predicted molar refractivity (Wildman–Crippen MR) is 55.1 cm³/mol. The van der Waals surface area contributed by atoms with Crippen molar-refractivity contribution in [2.75, 3.05) is 6.61 Å². The summed E-state index contributed by atoms with van der Waals surface area (Å²) in [5, 5.41) is 0.495. The molecule has 0 amide bonds. The van der Waals surface area contributed by atoms with Gasteiger partial charge in [0, 0.05) is 24.9 Å². The third kappa shape index (κ3) is 1.90. The lowest BCUT2D eigenvalue weighted by Gasteiger charge is -2.10. The van der Waals surface area contributed by atoms with Crippen molar-refractivity contribution in [3.05, 3.63) is 28.5 Å². The van der Waals surface area contributed by atoms with E-state index in [1.807, 2.05) is 6.07 Å². The molecule has 1 atom stereocenters. The number of ether oxygens (including phenoxy) is 1. The highest BCUT2D eigenvalue weighted by atomic mass is 35.5. The molecule has 1 aliphatic rings. The lowest BCUT2D eigenvalue weighted by atomic mass is 10.1. The summed E-state index contributed by atoms with van der Waals surface area (Å²) >= 11 is 5.87. The van der Waals surface area contributed by atoms with Crippen LogP contribution in [0.5, 0.6) is 0 Å². The van der Waals surface area contributed by atoms with E-state index in [0.717, 1.165) is 30.6 Å². The van der Waals surface area contributed by atoms with Crippen molar-refractivity contribution in [2.45, 2.75) is 25.5 Å². The Labute approximate surface area is 88.2 Å². The van der Waals surface area contributed by atoms with Gasteiger partial charge in [-0.1, -0.05) is 11.6 Å². The molecule has 2 N–H and O–H groups in total. The first kappa shape index (κ1) is 9.90. The molecule has 1 unspecified atom stereocenters. The monoisotopic (exact) mass is 212 g/mol. The fourth-order valence-corrected chi connectivity index (χ4v) is 1.85. The third-order valence-electron chi connectivity index (χ3n) is 2.45. The van der Waals surface area contributed by atoms with Crippen LogP contribution >= 0.6 is 11.6 Å². The Balaban J connectivity index is 2.25. The Kier molecular flexibility index (Phi) is 3.01. The molecule has 1 fully saturated rings. The van der Waals surface area contributed by atoms with Gasteiger partial charge in [-0.05, 0) is 24.5 Å². The van der Waals surface area contributed by atoms with Crippen LogP contribution in [0.15, 0.2) is 12.3 Å². The summed E-state index contributed by atoms with van der Waals surface area (Å²) in [6.07, 6.45) is 4.14. The minimum Gasteiger partial charge on any atom is -0.373 e. The van der Waals surface area contributed by atoms with Crippen LogP contribution in [0.25, 0.3) is 0 Å². The summed E-state index contributed by atoms with van der Waals surface area (Å²) < 4.78 is 5.55. The number of rotatable bonds is 2. The van der Waals surface area contributed by atoms with Crippen molar-refractivity contribution >= 4 is 11.6 Å². The highest BCUT2D eigenvalue weighted by Gasteiger charge is 2.18. The Morgan fingerprint density at radius 3 is 3.14 bits per heavy atom. The van der Waals surface area contributed by atoms with E-state index in [1.54, 1.807) is 6.20 Å². The second-order valence-corrected chi connectivity index (χ2v) is 3.78. The largest absolute Gasteiger partial charge is 0.373 e. The van der Waals surface area contributed by atoms with Gasteiger partial charge in [0.2, 0.25) is 0 Å². The van der Waals surface area contributed by atoms with Gasteiger partial charge in [-0.2, -0.15) is 0 Å². The minimum absolute atomic E-state index is 0.185. The molecule has 0 bridgehead atoms. The molecule has 4 heteroatoms. The van der Waals surface area contributed by atoms with Gasteiger partial charge in [0.25, 0.3) is 0 Å². The molecule has 3 nitrogen and oxygen atoms in total. The van der Waals surface area contributed by atoms with Crippen LogP contribution in [0.1, 0.15) is 30.1 Å². The molecule has 2 rings (SSSR count). The minimum atomic E-state index is 0.185. The Morgan fingerprint density at radius 2 is 2.50 bits per heavy atom. The molecule has 0 aromatic carbocycles. The van der Waals surface area contributed by atoms with Crippen LogP contribution in [0.2, 0.25) is 5.15 Å². The molecule has 1 saturated heterocycles. The molecule has 1 aliphatic heterocycles. The van der Waals surface area contributed by atoms with Gasteiger partial charge in [0.15, 0.2) is 0 Å². The van der Waals surface area contributed by atoms with Gasteiger partial charge in [0.05, 0.1) is 6.10 Å². The maximum absolute atomic E-state index is 5.87. The molecule has 14 heavy (non-hydrogen) atoms. The van der Waals surface area contributed by atoms with Gasteiger partial charge < -0.3 is 10.5 Å². The van der Waals surface area contributed by atoms with E-state index >= 15 is 0 Å². The summed E-state index contributed by atoms with van der Waals surface area (Å²) in [5.74, 6) is 0. The molecular formula is C10H13ClN2O. The van der Waals surface area contributed by atoms with Crippen LogP contribution in [0.4, 0.5) is 0 Å². The van der Waals surface area contributed by atoms with Crippen LogP contribution in [-0.2, 0) is 11.3 Å². The zero-order valence-corrected chi connectivity index (χ0v) is 8.63. The summed E-state index contributed by atoms with van der Waals surface area (Å²) in [6.45, 7) is 1.26. The van der Waals surface area contributed by atoms with E-state index in [0.29, 0.717) is 11.7 Å². The molecule has 1 aromatic rings. The van der Waals surface area contributed by atoms with E-state index in [-0.39, 0.29) is 6.10 Å². The van der Waals surface area contributed by atoms with Crippen molar-refractivity contribution < 1.29 is 4.74 Å². The second-order valence-electron chi connectivity index (χ2n) is 3.42. The average Bonchev–Trinajstić information content (AvgIpc) is 2.71. The van der Waals surface area contributed by atoms with E-state index in [1.165, 1.54) is 0 Å². The fraction of sp³-hybridized carbons (Fsp3) is 0.500. The van der Waals surface area contributed by atoms with Gasteiger partial charge in [0.1, 0.15) is 5.15 Å². The normalized spacial score (nSPS) is 21.4. The standard InChI is InChI=1S/C10H13ClN2O/c11-10-7(5-12)4-8(6-13-10)9-2-1-3-14-9/h4,6,9H,1-3,5,12H2. The Bertz CT molecular complexity index is 324. The lowest BCUT2D eigenvalue weighted by molar-refractivity contribution is 0.111. The smallest absolute Gasteiger partial charge is 0.133 e. The third-order valence-corrected chi connectivity index (χ3v) is 2.79. The number of pyridine rings is 1. The van der Waals surface area contributed by atoms with Crippen molar-refractivity contribution in [2.24, 2.45) is 5.73 Å². The molecule has 0 saturated carbocycles. The molecule has 1 aromatic heterocycles. The molecule has 0 spiro atoms. The van der Waals surface area contributed by atoms with Gasteiger partial charge >= 0.3 is 0 Å². The number of halogens is 1. The van der Waals surface area contributed by atoms with E-state index in [9.17, 15) is 0 Å². The predicted octanol–water partition coefficient (Wildman–Crippen LogP) is 2.05. The molecule has 0 aliphatic carbocycles. The Morgan fingerprint density at radius 1 is 1.64 bits per heavy atom. The first-order chi connectivity index (χ1) is 6.81. The van der Waals surface area contributed by atoms with Gasteiger partial charge in [-0.15, -0.1) is 0 Å². The van der Waals surface area contributed by atoms with Gasteiger partial charge in [-0.3, -0.25) is 0 Å². The number of nitrogens with zero attached hydrogens (tertiary/aromatic N) is 1. The summed E-state index contributed by atoms with van der Waals surface area (Å²) in [4.78, 5) is 4.10. The van der Waals surface area contributed by atoms with Crippen molar-refractivity contribution in [3.8, 4) is 0 Å². The van der Waals surface area contributed by atoms with Crippen molar-refractivity contribution in [3.63, 3.8) is 0 Å². The van der Waals surface area contributed by atoms with E-state index in [4.69, 9.17) is 22.1 Å². The summed E-state index contributed by atoms with van der Waals surface area (Å²) in [7, 11) is 0. The lowest BCUT2D eigenvalue weighted by Crippen LogP contribution is -2.03. The summed E-state index contributed by atoms with van der Waals surface area (Å²) in [5.41, 5.74) is 7.53. The van der Waals surface area contributed by atoms with E-state index in [2.05, 4.69) is 4.98 Å². The number of nitrogens with two attached hydrogens (primary N) is 1. The van der Waals surface area contributed by atoms with Crippen LogP contribution in [0, 0.1) is 0 Å². The maximum atomic E-state index is 5.87. The fourth-order valence-electron chi connectivity index (χ4n) is 1.67. The summed E-state index contributed by atoms with van der Waals surface area (Å²) in [6, 6.07) is 1.99. The first-order valence-corrected chi connectivity index (χ1v) is 5.15. The zero-order chi connectivity index (χ0) is 9.97.